The van der Waals surface area contributed by atoms with E-state index < -0.39 is 11.6 Å². The molecule has 0 amide bonds. The average molecular weight is 297 g/mol. The molecule has 21 heavy (non-hydrogen) atoms. The van der Waals surface area contributed by atoms with Crippen LogP contribution in [0.4, 0.5) is 8.78 Å². The van der Waals surface area contributed by atoms with Crippen LogP contribution in [-0.2, 0) is 11.2 Å². The molecule has 0 bridgehead atoms. The Morgan fingerprint density at radius 1 is 1.19 bits per heavy atom. The molecule has 1 fully saturated rings. The van der Waals surface area contributed by atoms with Gasteiger partial charge < -0.3 is 10.1 Å². The lowest BCUT2D eigenvalue weighted by Gasteiger charge is -2.30. The molecular weight excluding hydrogens is 272 g/mol. The Balaban J connectivity index is 2.21. The normalized spacial score (nSPS) is 30.6. The molecule has 1 aromatic carbocycles. The Labute approximate surface area is 125 Å². The van der Waals surface area contributed by atoms with Gasteiger partial charge in [0.15, 0.2) is 11.6 Å². The third kappa shape index (κ3) is 3.43. The van der Waals surface area contributed by atoms with Gasteiger partial charge in [-0.05, 0) is 44.4 Å². The summed E-state index contributed by atoms with van der Waals surface area (Å²) in [5.41, 5.74) is 0.430. The molecule has 0 saturated carbocycles. The summed E-state index contributed by atoms with van der Waals surface area (Å²) in [5, 5.41) is 3.43. The first-order valence-corrected chi connectivity index (χ1v) is 7.77. The van der Waals surface area contributed by atoms with Crippen molar-refractivity contribution in [2.45, 2.75) is 52.4 Å². The second-order valence-corrected chi connectivity index (χ2v) is 6.06. The van der Waals surface area contributed by atoms with Gasteiger partial charge in [-0.2, -0.15) is 0 Å². The van der Waals surface area contributed by atoms with E-state index in [4.69, 9.17) is 4.74 Å². The van der Waals surface area contributed by atoms with Crippen LogP contribution in [0.25, 0.3) is 0 Å². The molecule has 0 aromatic heterocycles. The Hall–Kier alpha value is -1.00. The van der Waals surface area contributed by atoms with E-state index in [-0.39, 0.29) is 18.2 Å². The average Bonchev–Trinajstić information content (AvgIpc) is 2.68. The standard InChI is InChI=1S/C17H25F2NO/c1-5-20-15(16-10(2)11(3)21-12(16)4)9-13-7-6-8-14(18)17(13)19/h6-8,10-12,15-16,20H,5,9H2,1-4H3. The molecule has 1 aromatic rings. The van der Waals surface area contributed by atoms with E-state index in [0.29, 0.717) is 23.8 Å². The first-order valence-electron chi connectivity index (χ1n) is 7.77. The van der Waals surface area contributed by atoms with Crippen molar-refractivity contribution in [1.82, 2.24) is 5.32 Å². The summed E-state index contributed by atoms with van der Waals surface area (Å²) >= 11 is 0. The van der Waals surface area contributed by atoms with Crippen molar-refractivity contribution in [2.75, 3.05) is 6.54 Å². The van der Waals surface area contributed by atoms with Gasteiger partial charge in [-0.1, -0.05) is 26.0 Å². The maximum Gasteiger partial charge on any atom is 0.162 e. The minimum Gasteiger partial charge on any atom is -0.375 e. The van der Waals surface area contributed by atoms with Gasteiger partial charge in [0.2, 0.25) is 0 Å². The van der Waals surface area contributed by atoms with Crippen LogP contribution in [0.15, 0.2) is 18.2 Å². The highest BCUT2D eigenvalue weighted by atomic mass is 19.2. The third-order valence-corrected chi connectivity index (χ3v) is 4.72. The number of benzene rings is 1. The van der Waals surface area contributed by atoms with E-state index in [2.05, 4.69) is 26.1 Å². The highest BCUT2D eigenvalue weighted by Crippen LogP contribution is 2.35. The van der Waals surface area contributed by atoms with E-state index in [1.54, 1.807) is 12.1 Å². The van der Waals surface area contributed by atoms with E-state index >= 15 is 0 Å². The summed E-state index contributed by atoms with van der Waals surface area (Å²) in [4.78, 5) is 0. The molecule has 1 saturated heterocycles. The zero-order valence-electron chi connectivity index (χ0n) is 13.2. The molecule has 1 N–H and O–H groups in total. The van der Waals surface area contributed by atoms with E-state index in [1.165, 1.54) is 0 Å². The lowest BCUT2D eigenvalue weighted by atomic mass is 9.81. The SMILES string of the molecule is CCNC(Cc1cccc(F)c1F)C1C(C)OC(C)C1C. The molecule has 5 unspecified atom stereocenters. The van der Waals surface area contributed by atoms with Gasteiger partial charge in [0.1, 0.15) is 0 Å². The third-order valence-electron chi connectivity index (χ3n) is 4.72. The number of halogens is 2. The molecule has 1 aliphatic rings. The zero-order valence-corrected chi connectivity index (χ0v) is 13.2. The molecule has 1 aliphatic heterocycles. The fourth-order valence-corrected chi connectivity index (χ4v) is 3.54. The van der Waals surface area contributed by atoms with Gasteiger partial charge in [-0.25, -0.2) is 8.78 Å². The van der Waals surface area contributed by atoms with Gasteiger partial charge in [-0.15, -0.1) is 0 Å². The number of rotatable bonds is 5. The molecule has 4 heteroatoms. The zero-order chi connectivity index (χ0) is 15.6. The van der Waals surface area contributed by atoms with Gasteiger partial charge >= 0.3 is 0 Å². The van der Waals surface area contributed by atoms with Crippen molar-refractivity contribution in [2.24, 2.45) is 11.8 Å². The molecule has 0 radical (unpaired) electrons. The highest BCUT2D eigenvalue weighted by Gasteiger charge is 2.41. The van der Waals surface area contributed by atoms with Crippen molar-refractivity contribution in [3.05, 3.63) is 35.4 Å². The van der Waals surface area contributed by atoms with Crippen LogP contribution in [-0.4, -0.2) is 24.8 Å². The Morgan fingerprint density at radius 2 is 1.90 bits per heavy atom. The van der Waals surface area contributed by atoms with Crippen LogP contribution >= 0.6 is 0 Å². The summed E-state index contributed by atoms with van der Waals surface area (Å²) in [6.07, 6.45) is 0.798. The summed E-state index contributed by atoms with van der Waals surface area (Å²) in [5.74, 6) is -0.823. The minimum atomic E-state index is -0.778. The maximum absolute atomic E-state index is 13.9. The summed E-state index contributed by atoms with van der Waals surface area (Å²) in [7, 11) is 0. The van der Waals surface area contributed by atoms with Crippen LogP contribution in [0.2, 0.25) is 0 Å². The lowest BCUT2D eigenvalue weighted by molar-refractivity contribution is 0.0476. The molecule has 1 heterocycles. The monoisotopic (exact) mass is 297 g/mol. The van der Waals surface area contributed by atoms with Crippen molar-refractivity contribution >= 4 is 0 Å². The topological polar surface area (TPSA) is 21.3 Å². The molecule has 0 aliphatic carbocycles. The van der Waals surface area contributed by atoms with Crippen molar-refractivity contribution in [3.8, 4) is 0 Å². The van der Waals surface area contributed by atoms with E-state index in [9.17, 15) is 8.78 Å². The molecule has 2 rings (SSSR count). The van der Waals surface area contributed by atoms with Crippen LogP contribution in [0, 0.1) is 23.5 Å². The Morgan fingerprint density at radius 3 is 2.48 bits per heavy atom. The largest absolute Gasteiger partial charge is 0.375 e. The van der Waals surface area contributed by atoms with Crippen LogP contribution in [0.1, 0.15) is 33.3 Å². The summed E-state index contributed by atoms with van der Waals surface area (Å²) in [6, 6.07) is 4.48. The Bertz CT molecular complexity index is 480. The number of hydrogen-bond donors (Lipinski definition) is 1. The number of ether oxygens (including phenoxy) is 1. The van der Waals surface area contributed by atoms with Crippen LogP contribution in [0.3, 0.4) is 0 Å². The fraction of sp³-hybridized carbons (Fsp3) is 0.647. The van der Waals surface area contributed by atoms with E-state index in [1.807, 2.05) is 6.92 Å². The van der Waals surface area contributed by atoms with Gasteiger partial charge in [0.25, 0.3) is 0 Å². The smallest absolute Gasteiger partial charge is 0.162 e. The predicted molar refractivity (Wildman–Crippen MR) is 80.2 cm³/mol. The quantitative estimate of drug-likeness (QED) is 0.897. The number of hydrogen-bond acceptors (Lipinski definition) is 2. The molecule has 5 atom stereocenters. The van der Waals surface area contributed by atoms with Crippen molar-refractivity contribution < 1.29 is 13.5 Å². The molecular formula is C17H25F2NO. The summed E-state index contributed by atoms with van der Waals surface area (Å²) in [6.45, 7) is 9.14. The highest BCUT2D eigenvalue weighted by molar-refractivity contribution is 5.20. The molecule has 118 valence electrons. The minimum absolute atomic E-state index is 0.0845. The first-order chi connectivity index (χ1) is 9.95. The predicted octanol–water partition coefficient (Wildman–Crippen LogP) is 3.54. The Kier molecular flexibility index (Phi) is 5.33. The molecule has 2 nitrogen and oxygen atoms in total. The van der Waals surface area contributed by atoms with Gasteiger partial charge in [0, 0.05) is 12.0 Å². The van der Waals surface area contributed by atoms with Gasteiger partial charge in [-0.3, -0.25) is 0 Å². The van der Waals surface area contributed by atoms with E-state index in [0.717, 1.165) is 12.6 Å². The second-order valence-electron chi connectivity index (χ2n) is 6.06. The molecule has 0 spiro atoms. The van der Waals surface area contributed by atoms with Crippen LogP contribution < -0.4 is 5.32 Å². The number of nitrogens with one attached hydrogen (secondary N) is 1. The van der Waals surface area contributed by atoms with Gasteiger partial charge in [0.05, 0.1) is 12.2 Å². The maximum atomic E-state index is 13.9. The van der Waals surface area contributed by atoms with Crippen molar-refractivity contribution in [1.29, 1.82) is 0 Å². The fourth-order valence-electron chi connectivity index (χ4n) is 3.54. The second kappa shape index (κ2) is 6.84. The van der Waals surface area contributed by atoms with Crippen LogP contribution in [0.5, 0.6) is 0 Å². The first kappa shape index (κ1) is 16.4. The van der Waals surface area contributed by atoms with Crippen molar-refractivity contribution in [3.63, 3.8) is 0 Å². The number of likely N-dealkylation sites (N-methyl/N-ethyl adjacent to an activating group) is 1. The summed E-state index contributed by atoms with van der Waals surface area (Å²) < 4.78 is 33.2. The lowest BCUT2D eigenvalue weighted by Crippen LogP contribution is -2.43.